The highest BCUT2D eigenvalue weighted by molar-refractivity contribution is 5.86. The molecule has 2 atom stereocenters. The average molecular weight is 405 g/mol. The molecule has 5 nitrogen and oxygen atoms in total. The van der Waals surface area contributed by atoms with Gasteiger partial charge in [0.15, 0.2) is 0 Å². The van der Waals surface area contributed by atoms with E-state index in [9.17, 15) is 0 Å². The highest BCUT2D eigenvalue weighted by Crippen LogP contribution is 2.28. The molecule has 0 saturated carbocycles. The van der Waals surface area contributed by atoms with Gasteiger partial charge in [-0.05, 0) is 36.6 Å². The van der Waals surface area contributed by atoms with E-state index in [2.05, 4.69) is 46.7 Å². The quantitative estimate of drug-likeness (QED) is 0.600. The molecule has 1 saturated heterocycles. The van der Waals surface area contributed by atoms with E-state index < -0.39 is 0 Å². The summed E-state index contributed by atoms with van der Waals surface area (Å²) in [7, 11) is 1.64. The fourth-order valence-electron chi connectivity index (χ4n) is 3.62. The molecule has 30 heavy (non-hydrogen) atoms. The Bertz CT molecular complexity index is 967. The third-order valence-corrected chi connectivity index (χ3v) is 5.33. The Morgan fingerprint density at radius 2 is 2.03 bits per heavy atom. The van der Waals surface area contributed by atoms with E-state index in [1.54, 1.807) is 13.3 Å². The Labute approximate surface area is 177 Å². The summed E-state index contributed by atoms with van der Waals surface area (Å²) >= 11 is 0. The summed E-state index contributed by atoms with van der Waals surface area (Å²) in [5.41, 5.74) is 2.11. The van der Waals surface area contributed by atoms with Crippen LogP contribution in [0.5, 0.6) is 11.5 Å². The van der Waals surface area contributed by atoms with E-state index in [-0.39, 0.29) is 6.10 Å². The van der Waals surface area contributed by atoms with Crippen LogP contribution in [-0.4, -0.2) is 44.0 Å². The lowest BCUT2D eigenvalue weighted by Gasteiger charge is -2.29. The fourth-order valence-corrected chi connectivity index (χ4v) is 3.62. The van der Waals surface area contributed by atoms with Crippen molar-refractivity contribution in [2.75, 3.05) is 26.9 Å². The Hall–Kier alpha value is -2.89. The molecule has 0 radical (unpaired) electrons. The van der Waals surface area contributed by atoms with Crippen LogP contribution < -0.4 is 14.8 Å². The van der Waals surface area contributed by atoms with Crippen LogP contribution >= 0.6 is 0 Å². The van der Waals surface area contributed by atoms with E-state index in [4.69, 9.17) is 14.2 Å². The second-order valence-electron chi connectivity index (χ2n) is 7.46. The first-order valence-corrected chi connectivity index (χ1v) is 10.4. The zero-order chi connectivity index (χ0) is 20.6. The van der Waals surface area contributed by atoms with Gasteiger partial charge in [-0.15, -0.1) is 0 Å². The summed E-state index contributed by atoms with van der Waals surface area (Å²) in [6, 6.07) is 18.6. The first kappa shape index (κ1) is 20.4. The lowest BCUT2D eigenvalue weighted by Crippen LogP contribution is -2.41. The van der Waals surface area contributed by atoms with Crippen LogP contribution in [0.3, 0.4) is 0 Å². The normalized spacial score (nSPS) is 19.2. The molecule has 2 heterocycles. The van der Waals surface area contributed by atoms with Crippen molar-refractivity contribution in [1.82, 2.24) is 10.3 Å². The minimum absolute atomic E-state index is 0.108. The largest absolute Gasteiger partial charge is 0.495 e. The van der Waals surface area contributed by atoms with Crippen LogP contribution in [0.4, 0.5) is 0 Å². The van der Waals surface area contributed by atoms with Crippen LogP contribution in [0.25, 0.3) is 17.0 Å². The van der Waals surface area contributed by atoms with E-state index in [1.165, 1.54) is 5.56 Å². The minimum Gasteiger partial charge on any atom is -0.495 e. The number of benzene rings is 2. The van der Waals surface area contributed by atoms with Gasteiger partial charge in [-0.3, -0.25) is 4.98 Å². The summed E-state index contributed by atoms with van der Waals surface area (Å²) < 4.78 is 17.4. The molecule has 1 aromatic heterocycles. The van der Waals surface area contributed by atoms with Gasteiger partial charge in [0.2, 0.25) is 0 Å². The smallest absolute Gasteiger partial charge is 0.137 e. The average Bonchev–Trinajstić information content (AvgIpc) is 2.81. The number of hydrogen-bond acceptors (Lipinski definition) is 5. The molecule has 2 aromatic carbocycles. The molecule has 1 aliphatic rings. The molecular formula is C25H28N2O3. The maximum Gasteiger partial charge on any atom is 0.137 e. The molecule has 0 spiro atoms. The van der Waals surface area contributed by atoms with Crippen LogP contribution in [0.15, 0.2) is 66.9 Å². The predicted molar refractivity (Wildman–Crippen MR) is 120 cm³/mol. The number of hydrogen-bond donors (Lipinski definition) is 1. The molecule has 156 valence electrons. The number of aromatic nitrogens is 1. The fraction of sp³-hybridized carbons (Fsp3) is 0.320. The Morgan fingerprint density at radius 1 is 1.13 bits per heavy atom. The van der Waals surface area contributed by atoms with Crippen molar-refractivity contribution >= 4 is 17.0 Å². The maximum absolute atomic E-state index is 6.09. The molecule has 3 aromatic rings. The number of rotatable bonds is 8. The van der Waals surface area contributed by atoms with Crippen molar-refractivity contribution in [2.45, 2.75) is 25.0 Å². The lowest BCUT2D eigenvalue weighted by atomic mass is 10.1. The number of fused-ring (bicyclic) bond motifs is 1. The van der Waals surface area contributed by atoms with Crippen LogP contribution in [-0.2, 0) is 4.74 Å². The zero-order valence-electron chi connectivity index (χ0n) is 17.3. The van der Waals surface area contributed by atoms with Crippen LogP contribution in [0.1, 0.15) is 18.4 Å². The number of pyridine rings is 1. The van der Waals surface area contributed by atoms with Gasteiger partial charge in [-0.1, -0.05) is 48.6 Å². The molecule has 1 aliphatic heterocycles. The molecule has 4 rings (SSSR count). The van der Waals surface area contributed by atoms with Crippen LogP contribution in [0.2, 0.25) is 0 Å². The predicted octanol–water partition coefficient (Wildman–Crippen LogP) is 4.47. The van der Waals surface area contributed by atoms with Gasteiger partial charge in [-0.2, -0.15) is 0 Å². The molecule has 0 aliphatic carbocycles. The summed E-state index contributed by atoms with van der Waals surface area (Å²) in [6.45, 7) is 2.09. The number of nitrogens with one attached hydrogen (secondary N) is 1. The molecule has 0 amide bonds. The summed E-state index contributed by atoms with van der Waals surface area (Å²) in [5.74, 6) is 1.54. The van der Waals surface area contributed by atoms with Gasteiger partial charge in [-0.25, -0.2) is 0 Å². The highest BCUT2D eigenvalue weighted by Gasteiger charge is 2.21. The molecule has 5 heteroatoms. The van der Waals surface area contributed by atoms with Gasteiger partial charge >= 0.3 is 0 Å². The second-order valence-corrected chi connectivity index (χ2v) is 7.46. The van der Waals surface area contributed by atoms with E-state index in [0.29, 0.717) is 19.3 Å². The molecular weight excluding hydrogens is 376 g/mol. The zero-order valence-corrected chi connectivity index (χ0v) is 17.3. The molecule has 1 fully saturated rings. The standard InChI is InChI=1S/C25H28N2O3/c1-28-22-15-23-24(27-16-22)10-5-11-25(23)30-18-21-13-12-20(17-29-21)26-14-6-9-19-7-3-2-4-8-19/h2-11,15-16,20-21,26H,12-14,17-18H2,1H3/b9-6+/t20-,21+/m1/s1. The topological polar surface area (TPSA) is 52.6 Å². The Kier molecular flexibility index (Phi) is 6.95. The summed E-state index contributed by atoms with van der Waals surface area (Å²) in [5, 5.41) is 4.50. The van der Waals surface area contributed by atoms with Crippen molar-refractivity contribution in [2.24, 2.45) is 0 Å². The van der Waals surface area contributed by atoms with Gasteiger partial charge in [0.1, 0.15) is 18.1 Å². The van der Waals surface area contributed by atoms with E-state index in [0.717, 1.165) is 41.8 Å². The van der Waals surface area contributed by atoms with Crippen LogP contribution in [0, 0.1) is 0 Å². The summed E-state index contributed by atoms with van der Waals surface area (Å²) in [6.07, 6.45) is 8.19. The lowest BCUT2D eigenvalue weighted by molar-refractivity contribution is -0.0252. The number of methoxy groups -OCH3 is 1. The highest BCUT2D eigenvalue weighted by atomic mass is 16.5. The SMILES string of the molecule is COc1cnc2cccc(OC[C@@H]3CC[C@@H](NC/C=C/c4ccccc4)CO3)c2c1. The minimum atomic E-state index is 0.108. The number of ether oxygens (including phenoxy) is 3. The van der Waals surface area contributed by atoms with Gasteiger partial charge in [0, 0.05) is 18.0 Å². The number of nitrogens with zero attached hydrogens (tertiary/aromatic N) is 1. The van der Waals surface area contributed by atoms with Crippen molar-refractivity contribution in [3.63, 3.8) is 0 Å². The third kappa shape index (κ3) is 5.38. The van der Waals surface area contributed by atoms with Crippen molar-refractivity contribution < 1.29 is 14.2 Å². The molecule has 0 unspecified atom stereocenters. The summed E-state index contributed by atoms with van der Waals surface area (Å²) in [4.78, 5) is 4.42. The van der Waals surface area contributed by atoms with Gasteiger partial charge in [0.05, 0.1) is 31.5 Å². The first-order chi connectivity index (χ1) is 14.8. The monoisotopic (exact) mass is 404 g/mol. The molecule has 0 bridgehead atoms. The van der Waals surface area contributed by atoms with E-state index in [1.807, 2.05) is 30.3 Å². The van der Waals surface area contributed by atoms with Crippen molar-refractivity contribution in [3.05, 3.63) is 72.4 Å². The van der Waals surface area contributed by atoms with Crippen molar-refractivity contribution in [1.29, 1.82) is 0 Å². The van der Waals surface area contributed by atoms with E-state index >= 15 is 0 Å². The second kappa shape index (κ2) is 10.2. The molecule has 1 N–H and O–H groups in total. The Morgan fingerprint density at radius 3 is 2.83 bits per heavy atom. The first-order valence-electron chi connectivity index (χ1n) is 10.4. The van der Waals surface area contributed by atoms with Gasteiger partial charge < -0.3 is 19.5 Å². The van der Waals surface area contributed by atoms with Gasteiger partial charge in [0.25, 0.3) is 0 Å². The maximum atomic E-state index is 6.09. The van der Waals surface area contributed by atoms with Crippen molar-refractivity contribution in [3.8, 4) is 11.5 Å². The Balaban J connectivity index is 1.23. The third-order valence-electron chi connectivity index (χ3n) is 5.33.